The van der Waals surface area contributed by atoms with Gasteiger partial charge in [0, 0.05) is 5.41 Å². The van der Waals surface area contributed by atoms with Gasteiger partial charge in [0.25, 0.3) is 0 Å². The van der Waals surface area contributed by atoms with E-state index in [1.165, 1.54) is 38.5 Å². The molecule has 0 saturated heterocycles. The molecule has 2 heteroatoms. The molecule has 0 aromatic carbocycles. The van der Waals surface area contributed by atoms with Crippen molar-refractivity contribution in [3.05, 3.63) is 11.3 Å². The summed E-state index contributed by atoms with van der Waals surface area (Å²) in [7, 11) is 0. The number of nitrogens with zero attached hydrogens (tertiary/aromatic N) is 1. The normalized spacial score (nSPS) is 42.4. The highest BCUT2D eigenvalue weighted by Crippen LogP contribution is 2.62. The second kappa shape index (κ2) is 4.30. The van der Waals surface area contributed by atoms with Gasteiger partial charge in [-0.3, -0.25) is 0 Å². The SMILES string of the molecule is CCO/C(C)=C(\C#N)C12CC3CC(CC(C3)C1)C2. The molecule has 98 valence electrons. The Morgan fingerprint density at radius 3 is 2.06 bits per heavy atom. The number of hydrogen-bond acceptors (Lipinski definition) is 2. The molecule has 4 fully saturated rings. The van der Waals surface area contributed by atoms with E-state index >= 15 is 0 Å². The average molecular weight is 245 g/mol. The van der Waals surface area contributed by atoms with E-state index in [0.29, 0.717) is 6.61 Å². The molecule has 4 rings (SSSR count). The fourth-order valence-corrected chi connectivity index (χ4v) is 5.28. The summed E-state index contributed by atoms with van der Waals surface area (Å²) in [5.41, 5.74) is 1.16. The molecule has 0 heterocycles. The third-order valence-electron chi connectivity index (χ3n) is 5.39. The Morgan fingerprint density at radius 2 is 1.67 bits per heavy atom. The van der Waals surface area contributed by atoms with E-state index < -0.39 is 0 Å². The summed E-state index contributed by atoms with van der Waals surface area (Å²) in [6, 6.07) is 2.50. The minimum Gasteiger partial charge on any atom is -0.497 e. The van der Waals surface area contributed by atoms with Gasteiger partial charge in [-0.15, -0.1) is 0 Å². The van der Waals surface area contributed by atoms with Gasteiger partial charge in [0.2, 0.25) is 0 Å². The van der Waals surface area contributed by atoms with E-state index in [-0.39, 0.29) is 5.41 Å². The van der Waals surface area contributed by atoms with Crippen molar-refractivity contribution < 1.29 is 4.74 Å². The monoisotopic (exact) mass is 245 g/mol. The Labute approximate surface area is 110 Å². The first kappa shape index (κ1) is 12.1. The minimum absolute atomic E-state index is 0.183. The van der Waals surface area contributed by atoms with Gasteiger partial charge in [0.15, 0.2) is 0 Å². The Balaban J connectivity index is 1.95. The second-order valence-corrected chi connectivity index (χ2v) is 6.67. The summed E-state index contributed by atoms with van der Waals surface area (Å²) >= 11 is 0. The summed E-state index contributed by atoms with van der Waals surface area (Å²) in [6.45, 7) is 4.65. The molecular weight excluding hydrogens is 222 g/mol. The molecule has 0 aromatic rings. The predicted octanol–water partition coefficient (Wildman–Crippen LogP) is 4.04. The zero-order chi connectivity index (χ0) is 12.8. The third kappa shape index (κ3) is 1.76. The number of nitriles is 1. The number of hydrogen-bond donors (Lipinski definition) is 0. The van der Waals surface area contributed by atoms with Crippen LogP contribution in [0.3, 0.4) is 0 Å². The lowest BCUT2D eigenvalue weighted by molar-refractivity contribution is -0.0305. The summed E-state index contributed by atoms with van der Waals surface area (Å²) < 4.78 is 5.64. The highest BCUT2D eigenvalue weighted by molar-refractivity contribution is 5.34. The van der Waals surface area contributed by atoms with Gasteiger partial charge in [-0.25, -0.2) is 0 Å². The third-order valence-corrected chi connectivity index (χ3v) is 5.39. The fraction of sp³-hybridized carbons (Fsp3) is 0.812. The van der Waals surface area contributed by atoms with Crippen molar-refractivity contribution in [3.63, 3.8) is 0 Å². The van der Waals surface area contributed by atoms with Crippen LogP contribution >= 0.6 is 0 Å². The summed E-state index contributed by atoms with van der Waals surface area (Å²) in [5.74, 6) is 3.54. The van der Waals surface area contributed by atoms with Crippen LogP contribution < -0.4 is 0 Å². The molecule has 0 amide bonds. The Bertz CT molecular complexity index is 380. The molecule has 0 radical (unpaired) electrons. The van der Waals surface area contributed by atoms with Crippen molar-refractivity contribution in [1.82, 2.24) is 0 Å². The molecule has 0 spiro atoms. The molecular formula is C16H23NO. The first-order chi connectivity index (χ1) is 8.66. The topological polar surface area (TPSA) is 33.0 Å². The molecule has 18 heavy (non-hydrogen) atoms. The van der Waals surface area contributed by atoms with E-state index in [1.807, 2.05) is 13.8 Å². The molecule has 4 saturated carbocycles. The van der Waals surface area contributed by atoms with Gasteiger partial charge in [0.05, 0.1) is 18.2 Å². The number of ether oxygens (including phenoxy) is 1. The van der Waals surface area contributed by atoms with Crippen molar-refractivity contribution in [2.45, 2.75) is 52.4 Å². The minimum atomic E-state index is 0.183. The van der Waals surface area contributed by atoms with E-state index in [2.05, 4.69) is 6.07 Å². The van der Waals surface area contributed by atoms with Crippen molar-refractivity contribution in [3.8, 4) is 6.07 Å². The Morgan fingerprint density at radius 1 is 1.17 bits per heavy atom. The van der Waals surface area contributed by atoms with E-state index in [0.717, 1.165) is 29.1 Å². The maximum atomic E-state index is 9.60. The number of allylic oxidation sites excluding steroid dienone is 2. The molecule has 0 atom stereocenters. The number of rotatable bonds is 3. The highest BCUT2D eigenvalue weighted by atomic mass is 16.5. The van der Waals surface area contributed by atoms with Gasteiger partial charge in [-0.1, -0.05) is 0 Å². The lowest BCUT2D eigenvalue weighted by atomic mass is 9.48. The average Bonchev–Trinajstić information content (AvgIpc) is 2.27. The zero-order valence-corrected chi connectivity index (χ0v) is 11.5. The summed E-state index contributed by atoms with van der Waals surface area (Å²) in [6.07, 6.45) is 7.99. The largest absolute Gasteiger partial charge is 0.497 e. The van der Waals surface area contributed by atoms with E-state index in [4.69, 9.17) is 4.74 Å². The molecule has 2 nitrogen and oxygen atoms in total. The van der Waals surface area contributed by atoms with Crippen LogP contribution in [0.25, 0.3) is 0 Å². The van der Waals surface area contributed by atoms with Crippen LogP contribution in [0, 0.1) is 34.5 Å². The van der Waals surface area contributed by atoms with Crippen LogP contribution in [0.15, 0.2) is 11.3 Å². The first-order valence-electron chi connectivity index (χ1n) is 7.41. The zero-order valence-electron chi connectivity index (χ0n) is 11.5. The maximum Gasteiger partial charge on any atom is 0.107 e. The molecule has 0 unspecified atom stereocenters. The van der Waals surface area contributed by atoms with Crippen LogP contribution in [0.5, 0.6) is 0 Å². The molecule has 4 aliphatic carbocycles. The molecule has 4 bridgehead atoms. The first-order valence-corrected chi connectivity index (χ1v) is 7.41. The molecule has 4 aliphatic rings. The van der Waals surface area contributed by atoms with Crippen molar-refractivity contribution in [2.75, 3.05) is 6.61 Å². The van der Waals surface area contributed by atoms with Crippen LogP contribution in [-0.2, 0) is 4.74 Å². The molecule has 0 aliphatic heterocycles. The fourth-order valence-electron chi connectivity index (χ4n) is 5.28. The van der Waals surface area contributed by atoms with Crippen LogP contribution in [0.4, 0.5) is 0 Å². The molecule has 0 aromatic heterocycles. The van der Waals surface area contributed by atoms with Crippen molar-refractivity contribution in [1.29, 1.82) is 5.26 Å². The van der Waals surface area contributed by atoms with Gasteiger partial charge >= 0.3 is 0 Å². The smallest absolute Gasteiger partial charge is 0.107 e. The quantitative estimate of drug-likeness (QED) is 0.555. The predicted molar refractivity (Wildman–Crippen MR) is 70.5 cm³/mol. The van der Waals surface area contributed by atoms with Crippen LogP contribution in [0.2, 0.25) is 0 Å². The Hall–Kier alpha value is -0.970. The van der Waals surface area contributed by atoms with Crippen molar-refractivity contribution >= 4 is 0 Å². The second-order valence-electron chi connectivity index (χ2n) is 6.67. The van der Waals surface area contributed by atoms with Crippen molar-refractivity contribution in [2.24, 2.45) is 23.2 Å². The van der Waals surface area contributed by atoms with Crippen LogP contribution in [0.1, 0.15) is 52.4 Å². The van der Waals surface area contributed by atoms with Gasteiger partial charge in [0.1, 0.15) is 5.76 Å². The van der Waals surface area contributed by atoms with E-state index in [1.54, 1.807) is 0 Å². The molecule has 0 N–H and O–H groups in total. The van der Waals surface area contributed by atoms with Gasteiger partial charge in [-0.05, 0) is 70.1 Å². The lowest BCUT2D eigenvalue weighted by Crippen LogP contribution is -2.47. The van der Waals surface area contributed by atoms with E-state index in [9.17, 15) is 5.26 Å². The van der Waals surface area contributed by atoms with Gasteiger partial charge < -0.3 is 4.74 Å². The van der Waals surface area contributed by atoms with Crippen LogP contribution in [-0.4, -0.2) is 6.61 Å². The standard InChI is InChI=1S/C16H23NO/c1-3-18-11(2)15(10-17)16-7-12-4-13(8-16)6-14(5-12)9-16/h12-14H,3-9H2,1-2H3/b15-11+. The lowest BCUT2D eigenvalue weighted by Gasteiger charge is -2.56. The summed E-state index contributed by atoms with van der Waals surface area (Å²) in [5, 5.41) is 9.60. The summed E-state index contributed by atoms with van der Waals surface area (Å²) in [4.78, 5) is 0. The maximum absolute atomic E-state index is 9.60. The highest BCUT2D eigenvalue weighted by Gasteiger charge is 2.53. The van der Waals surface area contributed by atoms with Gasteiger partial charge in [-0.2, -0.15) is 5.26 Å². The Kier molecular flexibility index (Phi) is 2.88.